The van der Waals surface area contributed by atoms with Gasteiger partial charge in [-0.2, -0.15) is 15.3 Å². The summed E-state index contributed by atoms with van der Waals surface area (Å²) in [5.74, 6) is 0.777. The first-order valence-corrected chi connectivity index (χ1v) is 11.4. The number of fused-ring (bicyclic) bond motifs is 4. The van der Waals surface area contributed by atoms with E-state index >= 15 is 0 Å². The Morgan fingerprint density at radius 2 is 1.97 bits per heavy atom. The Hall–Kier alpha value is -3.39. The number of H-pyrrole nitrogens is 1. The van der Waals surface area contributed by atoms with E-state index < -0.39 is 0 Å². The second-order valence-electron chi connectivity index (χ2n) is 9.21. The Balaban J connectivity index is 1.69. The molecule has 1 aliphatic rings. The van der Waals surface area contributed by atoms with Gasteiger partial charge >= 0.3 is 0 Å². The van der Waals surface area contributed by atoms with Crippen LogP contribution in [0.1, 0.15) is 43.4 Å². The average Bonchev–Trinajstić information content (AvgIpc) is 3.43. The third-order valence-corrected chi connectivity index (χ3v) is 6.57. The fourth-order valence-corrected chi connectivity index (χ4v) is 4.48. The van der Waals surface area contributed by atoms with Gasteiger partial charge in [0.1, 0.15) is 6.10 Å². The normalized spacial score (nSPS) is 18.1. The van der Waals surface area contributed by atoms with Crippen LogP contribution in [-0.2, 0) is 20.6 Å². The number of aromatic amines is 1. The summed E-state index contributed by atoms with van der Waals surface area (Å²) >= 11 is 0. The SMILES string of the molecule is Cc1c2c(nn1C)/C=C/c1[nH]nc3ccc(cc13)-c1cnn(C)c1O[C@H](C)CN(C(C)C)C2. The molecule has 33 heavy (non-hydrogen) atoms. The summed E-state index contributed by atoms with van der Waals surface area (Å²) in [4.78, 5) is 2.44. The summed E-state index contributed by atoms with van der Waals surface area (Å²) in [6.07, 6.45) is 6.03. The molecular weight excluding hydrogens is 414 g/mol. The van der Waals surface area contributed by atoms with E-state index in [1.165, 1.54) is 11.3 Å². The molecule has 1 atom stereocenters. The summed E-state index contributed by atoms with van der Waals surface area (Å²) in [5, 5.41) is 18.0. The molecule has 1 aromatic carbocycles. The predicted molar refractivity (Wildman–Crippen MR) is 131 cm³/mol. The highest BCUT2D eigenvalue weighted by atomic mass is 16.5. The molecule has 0 spiro atoms. The molecule has 2 bridgehead atoms. The molecule has 8 heteroatoms. The molecule has 1 N–H and O–H groups in total. The number of aryl methyl sites for hydroxylation is 2. The lowest BCUT2D eigenvalue weighted by molar-refractivity contribution is 0.112. The van der Waals surface area contributed by atoms with Crippen LogP contribution < -0.4 is 4.74 Å². The third-order valence-electron chi connectivity index (χ3n) is 6.57. The Labute approximate surface area is 193 Å². The minimum absolute atomic E-state index is 0.0177. The first-order valence-electron chi connectivity index (χ1n) is 11.4. The van der Waals surface area contributed by atoms with Crippen LogP contribution in [0.3, 0.4) is 0 Å². The van der Waals surface area contributed by atoms with Crippen molar-refractivity contribution in [1.82, 2.24) is 34.7 Å². The highest BCUT2D eigenvalue weighted by Gasteiger charge is 2.22. The quantitative estimate of drug-likeness (QED) is 0.476. The van der Waals surface area contributed by atoms with E-state index in [2.05, 4.69) is 72.2 Å². The zero-order valence-electron chi connectivity index (χ0n) is 20.1. The molecule has 0 amide bonds. The third kappa shape index (κ3) is 3.84. The van der Waals surface area contributed by atoms with Gasteiger partial charge < -0.3 is 4.74 Å². The minimum atomic E-state index is -0.0177. The van der Waals surface area contributed by atoms with Gasteiger partial charge in [-0.1, -0.05) is 6.07 Å². The molecule has 0 saturated carbocycles. The van der Waals surface area contributed by atoms with Crippen molar-refractivity contribution in [3.05, 3.63) is 47.0 Å². The second kappa shape index (κ2) is 8.19. The fourth-order valence-electron chi connectivity index (χ4n) is 4.48. The molecule has 0 saturated heterocycles. The van der Waals surface area contributed by atoms with Crippen molar-refractivity contribution >= 4 is 23.1 Å². The van der Waals surface area contributed by atoms with Gasteiger partial charge in [-0.25, -0.2) is 4.68 Å². The predicted octanol–water partition coefficient (Wildman–Crippen LogP) is 4.17. The van der Waals surface area contributed by atoms with Crippen molar-refractivity contribution in [3.63, 3.8) is 0 Å². The monoisotopic (exact) mass is 445 g/mol. The van der Waals surface area contributed by atoms with E-state index in [1.807, 2.05) is 35.7 Å². The number of aromatic nitrogens is 6. The Morgan fingerprint density at radius 3 is 2.76 bits per heavy atom. The zero-order valence-corrected chi connectivity index (χ0v) is 20.1. The molecule has 0 fully saturated rings. The van der Waals surface area contributed by atoms with Gasteiger partial charge in [-0.05, 0) is 57.5 Å². The van der Waals surface area contributed by atoms with Gasteiger partial charge in [0.25, 0.3) is 0 Å². The van der Waals surface area contributed by atoms with E-state index in [1.54, 1.807) is 0 Å². The van der Waals surface area contributed by atoms with Crippen LogP contribution >= 0.6 is 0 Å². The van der Waals surface area contributed by atoms with Crippen LogP contribution in [0.15, 0.2) is 24.4 Å². The lowest BCUT2D eigenvalue weighted by Crippen LogP contribution is -2.38. The molecular formula is C25H31N7O. The lowest BCUT2D eigenvalue weighted by Gasteiger charge is -2.30. The van der Waals surface area contributed by atoms with Crippen LogP contribution in [0.25, 0.3) is 34.2 Å². The minimum Gasteiger partial charge on any atom is -0.473 e. The van der Waals surface area contributed by atoms with Gasteiger partial charge in [0.15, 0.2) is 0 Å². The van der Waals surface area contributed by atoms with Gasteiger partial charge in [0.05, 0.1) is 28.7 Å². The highest BCUT2D eigenvalue weighted by Crippen LogP contribution is 2.33. The van der Waals surface area contributed by atoms with Gasteiger partial charge in [0.2, 0.25) is 5.88 Å². The summed E-state index contributed by atoms with van der Waals surface area (Å²) in [7, 11) is 3.93. The standard InChI is InChI=1S/C25H31N7O/c1-15(2)32-13-16(3)33-25-20(12-26-31(25)6)18-7-8-22-19(11-18)23(28-27-22)9-10-24-21(14-32)17(4)30(5)29-24/h7-12,15-16H,13-14H2,1-6H3,(H,27,28)/b10-9+/t16-/m1/s1. The number of benzene rings is 1. The largest absolute Gasteiger partial charge is 0.473 e. The summed E-state index contributed by atoms with van der Waals surface area (Å²) in [6, 6.07) is 6.62. The van der Waals surface area contributed by atoms with Gasteiger partial charge in [0, 0.05) is 49.9 Å². The second-order valence-corrected chi connectivity index (χ2v) is 9.21. The van der Waals surface area contributed by atoms with Crippen LogP contribution in [0.4, 0.5) is 0 Å². The van der Waals surface area contributed by atoms with Gasteiger partial charge in [-0.3, -0.25) is 14.7 Å². The molecule has 172 valence electrons. The number of nitrogens with zero attached hydrogens (tertiary/aromatic N) is 6. The van der Waals surface area contributed by atoms with Crippen LogP contribution in [0.2, 0.25) is 0 Å². The first-order chi connectivity index (χ1) is 15.8. The molecule has 3 aromatic heterocycles. The number of ether oxygens (including phenoxy) is 1. The van der Waals surface area contributed by atoms with Crippen molar-refractivity contribution in [2.75, 3.05) is 6.54 Å². The van der Waals surface area contributed by atoms with Crippen molar-refractivity contribution in [2.24, 2.45) is 14.1 Å². The van der Waals surface area contributed by atoms with E-state index in [4.69, 9.17) is 9.84 Å². The average molecular weight is 446 g/mol. The lowest BCUT2D eigenvalue weighted by atomic mass is 10.1. The van der Waals surface area contributed by atoms with E-state index in [-0.39, 0.29) is 6.10 Å². The van der Waals surface area contributed by atoms with E-state index in [0.717, 1.165) is 52.4 Å². The topological polar surface area (TPSA) is 76.8 Å². The molecule has 5 rings (SSSR count). The van der Waals surface area contributed by atoms with Crippen molar-refractivity contribution in [1.29, 1.82) is 0 Å². The molecule has 0 unspecified atom stereocenters. The first kappa shape index (κ1) is 21.5. The molecule has 0 radical (unpaired) electrons. The van der Waals surface area contributed by atoms with Crippen LogP contribution in [-0.4, -0.2) is 53.3 Å². The van der Waals surface area contributed by atoms with Crippen molar-refractivity contribution in [3.8, 4) is 17.0 Å². The maximum Gasteiger partial charge on any atom is 0.219 e. The number of nitrogens with one attached hydrogen (secondary N) is 1. The number of hydrogen-bond acceptors (Lipinski definition) is 5. The Bertz CT molecular complexity index is 1340. The van der Waals surface area contributed by atoms with Crippen molar-refractivity contribution in [2.45, 2.75) is 46.4 Å². The number of rotatable bonds is 1. The Kier molecular flexibility index (Phi) is 5.32. The van der Waals surface area contributed by atoms with Gasteiger partial charge in [-0.15, -0.1) is 0 Å². The molecule has 4 aromatic rings. The zero-order chi connectivity index (χ0) is 23.3. The molecule has 8 nitrogen and oxygen atoms in total. The molecule has 1 aliphatic heterocycles. The fraction of sp³-hybridized carbons (Fsp3) is 0.400. The van der Waals surface area contributed by atoms with Crippen molar-refractivity contribution < 1.29 is 4.74 Å². The van der Waals surface area contributed by atoms with Crippen LogP contribution in [0.5, 0.6) is 5.88 Å². The maximum absolute atomic E-state index is 6.49. The molecule has 4 heterocycles. The Morgan fingerprint density at radius 1 is 1.15 bits per heavy atom. The molecule has 0 aliphatic carbocycles. The van der Waals surface area contributed by atoms with E-state index in [9.17, 15) is 0 Å². The van der Waals surface area contributed by atoms with E-state index in [0.29, 0.717) is 6.04 Å². The summed E-state index contributed by atoms with van der Waals surface area (Å²) in [6.45, 7) is 10.3. The summed E-state index contributed by atoms with van der Waals surface area (Å²) < 4.78 is 10.3. The van der Waals surface area contributed by atoms with Crippen LogP contribution in [0, 0.1) is 6.92 Å². The number of hydrogen-bond donors (Lipinski definition) is 1. The smallest absolute Gasteiger partial charge is 0.219 e. The maximum atomic E-state index is 6.49. The summed E-state index contributed by atoms with van der Waals surface area (Å²) in [5.41, 5.74) is 7.30. The highest BCUT2D eigenvalue weighted by molar-refractivity contribution is 5.92.